The quantitative estimate of drug-likeness (QED) is 0.394. The van der Waals surface area contributed by atoms with Crippen molar-refractivity contribution in [1.82, 2.24) is 20.2 Å². The number of hydrogen-bond acceptors (Lipinski definition) is 6. The molecule has 10 heteroatoms. The molecule has 0 aliphatic heterocycles. The number of nitrogens with zero attached hydrogens (tertiary/aromatic N) is 3. The molecule has 0 atom stereocenters. The summed E-state index contributed by atoms with van der Waals surface area (Å²) in [5.74, 6) is 0.899. The number of fused-ring (bicyclic) bond motifs is 2. The minimum atomic E-state index is -3.96. The van der Waals surface area contributed by atoms with E-state index >= 15 is 0 Å². The molecule has 2 N–H and O–H groups in total. The van der Waals surface area contributed by atoms with E-state index in [9.17, 15) is 8.42 Å². The van der Waals surface area contributed by atoms with Crippen molar-refractivity contribution in [2.45, 2.75) is 4.90 Å². The fraction of sp³-hybridized carbons (Fsp3) is 0.130. The Morgan fingerprint density at radius 1 is 0.939 bits per heavy atom. The second kappa shape index (κ2) is 7.82. The fourth-order valence-corrected chi connectivity index (χ4v) is 5.04. The molecule has 168 valence electrons. The molecule has 0 saturated heterocycles. The molecule has 0 unspecified atom stereocenters. The first kappa shape index (κ1) is 20.8. The van der Waals surface area contributed by atoms with Gasteiger partial charge in [-0.15, -0.1) is 0 Å². The van der Waals surface area contributed by atoms with Gasteiger partial charge in [0.1, 0.15) is 27.9 Å². The lowest BCUT2D eigenvalue weighted by atomic mass is 10.2. The van der Waals surface area contributed by atoms with Crippen LogP contribution in [-0.4, -0.2) is 49.9 Å². The van der Waals surface area contributed by atoms with Gasteiger partial charge in [0.15, 0.2) is 0 Å². The molecule has 0 spiro atoms. The highest BCUT2D eigenvalue weighted by atomic mass is 32.2. The Bertz CT molecular complexity index is 1590. The molecule has 0 fully saturated rings. The van der Waals surface area contributed by atoms with Crippen molar-refractivity contribution < 1.29 is 17.9 Å². The van der Waals surface area contributed by atoms with Gasteiger partial charge in [-0.3, -0.25) is 9.40 Å². The van der Waals surface area contributed by atoms with E-state index in [4.69, 9.17) is 9.47 Å². The summed E-state index contributed by atoms with van der Waals surface area (Å²) in [7, 11) is 0.390. The summed E-state index contributed by atoms with van der Waals surface area (Å²) < 4.78 is 38.4. The number of methoxy groups -OCH3 is 2. The van der Waals surface area contributed by atoms with Crippen LogP contribution in [0.15, 0.2) is 65.6 Å². The third-order valence-corrected chi connectivity index (χ3v) is 7.30. The van der Waals surface area contributed by atoms with Crippen molar-refractivity contribution in [2.24, 2.45) is 0 Å². The second-order valence-electron chi connectivity index (χ2n) is 7.39. The maximum Gasteiger partial charge on any atom is 0.269 e. The molecule has 3 aromatic heterocycles. The number of H-pyrrole nitrogens is 2. The highest BCUT2D eigenvalue weighted by molar-refractivity contribution is 7.92. The number of nitrogens with one attached hydrogen (secondary N) is 2. The first-order chi connectivity index (χ1) is 15.9. The lowest BCUT2D eigenvalue weighted by Gasteiger charge is -2.20. The summed E-state index contributed by atoms with van der Waals surface area (Å²) in [4.78, 5) is 7.88. The number of rotatable bonds is 6. The van der Waals surface area contributed by atoms with E-state index in [1.807, 2.05) is 30.3 Å². The number of hydrogen-bond donors (Lipinski definition) is 2. The van der Waals surface area contributed by atoms with Crippen LogP contribution in [0.1, 0.15) is 0 Å². The van der Waals surface area contributed by atoms with Crippen molar-refractivity contribution >= 4 is 37.8 Å². The Balaban J connectivity index is 1.55. The average molecular weight is 464 g/mol. The van der Waals surface area contributed by atoms with Crippen LogP contribution in [0.25, 0.3) is 33.3 Å². The van der Waals surface area contributed by atoms with Crippen LogP contribution in [0.4, 0.5) is 5.82 Å². The zero-order valence-corrected chi connectivity index (χ0v) is 19.0. The molecule has 5 aromatic rings. The van der Waals surface area contributed by atoms with Crippen LogP contribution in [0.3, 0.4) is 0 Å². The topological polar surface area (TPSA) is 113 Å². The zero-order chi connectivity index (χ0) is 23.2. The summed E-state index contributed by atoms with van der Waals surface area (Å²) in [6.07, 6.45) is 0. The third kappa shape index (κ3) is 3.44. The number of para-hydroxylation sites is 1. The third-order valence-electron chi connectivity index (χ3n) is 5.52. The predicted molar refractivity (Wildman–Crippen MR) is 126 cm³/mol. The number of sulfonamides is 1. The lowest BCUT2D eigenvalue weighted by Crippen LogP contribution is -2.27. The summed E-state index contributed by atoms with van der Waals surface area (Å²) in [5, 5.41) is 8.42. The monoisotopic (exact) mass is 463 g/mol. The fourth-order valence-electron chi connectivity index (χ4n) is 3.73. The van der Waals surface area contributed by atoms with E-state index in [1.54, 1.807) is 24.3 Å². The minimum Gasteiger partial charge on any atom is -0.497 e. The lowest BCUT2D eigenvalue weighted by molar-refractivity contribution is 0.392. The summed E-state index contributed by atoms with van der Waals surface area (Å²) in [6.45, 7) is 0. The van der Waals surface area contributed by atoms with Gasteiger partial charge in [0.25, 0.3) is 10.0 Å². The van der Waals surface area contributed by atoms with Gasteiger partial charge in [0.05, 0.1) is 36.5 Å². The van der Waals surface area contributed by atoms with Crippen molar-refractivity contribution in [3.05, 3.63) is 60.7 Å². The zero-order valence-electron chi connectivity index (χ0n) is 18.2. The molecule has 2 aromatic carbocycles. The Morgan fingerprint density at radius 2 is 1.76 bits per heavy atom. The van der Waals surface area contributed by atoms with Crippen LogP contribution in [0, 0.1) is 0 Å². The predicted octanol–water partition coefficient (Wildman–Crippen LogP) is 3.95. The molecular weight excluding hydrogens is 442 g/mol. The number of ether oxygens (including phenoxy) is 2. The van der Waals surface area contributed by atoms with Crippen molar-refractivity contribution in [3.8, 4) is 22.9 Å². The van der Waals surface area contributed by atoms with E-state index in [0.29, 0.717) is 11.3 Å². The molecule has 0 aliphatic rings. The van der Waals surface area contributed by atoms with Crippen LogP contribution in [-0.2, 0) is 10.0 Å². The van der Waals surface area contributed by atoms with Crippen LogP contribution in [0.5, 0.6) is 11.5 Å². The molecule has 9 nitrogen and oxygen atoms in total. The molecular formula is C23H21N5O4S. The van der Waals surface area contributed by atoms with Gasteiger partial charge in [0, 0.05) is 18.5 Å². The van der Waals surface area contributed by atoms with E-state index in [2.05, 4.69) is 20.2 Å². The molecule has 0 amide bonds. The van der Waals surface area contributed by atoms with Gasteiger partial charge in [0.2, 0.25) is 0 Å². The highest BCUT2D eigenvalue weighted by Gasteiger charge is 2.27. The van der Waals surface area contributed by atoms with E-state index in [1.165, 1.54) is 27.3 Å². The molecule has 0 radical (unpaired) electrons. The maximum absolute atomic E-state index is 13.4. The Morgan fingerprint density at radius 3 is 2.55 bits per heavy atom. The van der Waals surface area contributed by atoms with Gasteiger partial charge in [-0.05, 0) is 36.4 Å². The number of benzene rings is 2. The maximum atomic E-state index is 13.4. The second-order valence-corrected chi connectivity index (χ2v) is 9.33. The van der Waals surface area contributed by atoms with Gasteiger partial charge < -0.3 is 14.5 Å². The van der Waals surface area contributed by atoms with E-state index in [0.717, 1.165) is 32.1 Å². The first-order valence-corrected chi connectivity index (χ1v) is 11.5. The van der Waals surface area contributed by atoms with Gasteiger partial charge in [-0.1, -0.05) is 18.2 Å². The van der Waals surface area contributed by atoms with Gasteiger partial charge in [-0.2, -0.15) is 5.10 Å². The SMILES string of the molecule is COc1ccc(OC)c(S(=O)(=O)N(C)c2ccc3[nH]c(-c4n[nH]c5ccccc45)cc3n2)c1. The van der Waals surface area contributed by atoms with Crippen molar-refractivity contribution in [3.63, 3.8) is 0 Å². The minimum absolute atomic E-state index is 0.00787. The molecule has 33 heavy (non-hydrogen) atoms. The smallest absolute Gasteiger partial charge is 0.269 e. The standard InChI is InChI=1S/C23H21N5O4S/c1-28(33(29,30)21-12-14(31-2)8-10-20(21)32-3)22-11-9-17-18(25-22)13-19(24-17)23-15-6-4-5-7-16(15)26-27-23/h4-13,24H,1-3H3,(H,26,27). The molecule has 5 rings (SSSR count). The average Bonchev–Trinajstić information content (AvgIpc) is 3.46. The summed E-state index contributed by atoms with van der Waals surface area (Å²) in [5.41, 5.74) is 3.87. The number of anilines is 1. The molecule has 3 heterocycles. The van der Waals surface area contributed by atoms with Gasteiger partial charge in [-0.25, -0.2) is 13.4 Å². The number of aromatic amines is 2. The first-order valence-electron chi connectivity index (χ1n) is 10.1. The number of pyridine rings is 1. The summed E-state index contributed by atoms with van der Waals surface area (Å²) in [6, 6.07) is 17.8. The van der Waals surface area contributed by atoms with Crippen LogP contribution < -0.4 is 13.8 Å². The van der Waals surface area contributed by atoms with Crippen molar-refractivity contribution in [1.29, 1.82) is 0 Å². The van der Waals surface area contributed by atoms with E-state index in [-0.39, 0.29) is 16.5 Å². The van der Waals surface area contributed by atoms with E-state index < -0.39 is 10.0 Å². The van der Waals surface area contributed by atoms with Crippen LogP contribution >= 0.6 is 0 Å². The highest BCUT2D eigenvalue weighted by Crippen LogP contribution is 2.33. The largest absolute Gasteiger partial charge is 0.497 e. The molecule has 0 saturated carbocycles. The van der Waals surface area contributed by atoms with Crippen LogP contribution in [0.2, 0.25) is 0 Å². The number of aromatic nitrogens is 4. The Hall–Kier alpha value is -4.05. The Labute approximate surface area is 190 Å². The van der Waals surface area contributed by atoms with Crippen molar-refractivity contribution in [2.75, 3.05) is 25.6 Å². The normalized spacial score (nSPS) is 11.7. The Kier molecular flexibility index (Phi) is 4.94. The molecule has 0 aliphatic carbocycles. The summed E-state index contributed by atoms with van der Waals surface area (Å²) >= 11 is 0. The molecule has 0 bridgehead atoms. The van der Waals surface area contributed by atoms with Gasteiger partial charge >= 0.3 is 0 Å².